The van der Waals surface area contributed by atoms with Gasteiger partial charge in [0, 0.05) is 11.6 Å². The highest BCUT2D eigenvalue weighted by Gasteiger charge is 2.01. The first-order valence-electron chi connectivity index (χ1n) is 3.77. The van der Waals surface area contributed by atoms with E-state index in [1.165, 1.54) is 0 Å². The highest BCUT2D eigenvalue weighted by molar-refractivity contribution is 6.31. The SMILES string of the molecule is CN(CO)Cc1ccccc1Cl. The summed E-state index contributed by atoms with van der Waals surface area (Å²) in [7, 11) is 1.84. The molecule has 0 bridgehead atoms. The van der Waals surface area contributed by atoms with Crippen LogP contribution < -0.4 is 0 Å². The lowest BCUT2D eigenvalue weighted by Crippen LogP contribution is -2.18. The van der Waals surface area contributed by atoms with Crippen molar-refractivity contribution in [1.29, 1.82) is 0 Å². The van der Waals surface area contributed by atoms with Gasteiger partial charge >= 0.3 is 0 Å². The monoisotopic (exact) mass is 185 g/mol. The predicted molar refractivity (Wildman–Crippen MR) is 50.0 cm³/mol. The smallest absolute Gasteiger partial charge is 0.0956 e. The molecule has 12 heavy (non-hydrogen) atoms. The topological polar surface area (TPSA) is 23.5 Å². The first-order valence-corrected chi connectivity index (χ1v) is 4.14. The third-order valence-corrected chi connectivity index (χ3v) is 2.01. The lowest BCUT2D eigenvalue weighted by molar-refractivity contribution is 0.127. The Morgan fingerprint density at radius 3 is 2.67 bits per heavy atom. The van der Waals surface area contributed by atoms with Gasteiger partial charge in [-0.25, -0.2) is 0 Å². The van der Waals surface area contributed by atoms with Crippen LogP contribution in [0.4, 0.5) is 0 Å². The number of hydrogen-bond acceptors (Lipinski definition) is 2. The fourth-order valence-corrected chi connectivity index (χ4v) is 1.16. The summed E-state index contributed by atoms with van der Waals surface area (Å²) in [5, 5.41) is 9.52. The molecule has 1 rings (SSSR count). The zero-order chi connectivity index (χ0) is 8.97. The van der Waals surface area contributed by atoms with Crippen molar-refractivity contribution < 1.29 is 5.11 Å². The lowest BCUT2D eigenvalue weighted by Gasteiger charge is -2.13. The molecule has 0 fully saturated rings. The minimum Gasteiger partial charge on any atom is -0.381 e. The molecule has 0 aliphatic carbocycles. The zero-order valence-corrected chi connectivity index (χ0v) is 7.75. The molecule has 0 saturated heterocycles. The molecule has 0 unspecified atom stereocenters. The summed E-state index contributed by atoms with van der Waals surface area (Å²) >= 11 is 5.92. The van der Waals surface area contributed by atoms with Crippen LogP contribution in [0.3, 0.4) is 0 Å². The molecular formula is C9H12ClNO. The van der Waals surface area contributed by atoms with E-state index in [0.717, 1.165) is 10.6 Å². The van der Waals surface area contributed by atoms with E-state index in [9.17, 15) is 0 Å². The average molecular weight is 186 g/mol. The van der Waals surface area contributed by atoms with Crippen LogP contribution >= 0.6 is 11.6 Å². The van der Waals surface area contributed by atoms with Gasteiger partial charge in [-0.2, -0.15) is 0 Å². The molecular weight excluding hydrogens is 174 g/mol. The van der Waals surface area contributed by atoms with Crippen LogP contribution in [0.15, 0.2) is 24.3 Å². The van der Waals surface area contributed by atoms with Crippen molar-refractivity contribution in [2.75, 3.05) is 13.8 Å². The van der Waals surface area contributed by atoms with Crippen LogP contribution in [-0.2, 0) is 6.54 Å². The van der Waals surface area contributed by atoms with E-state index in [2.05, 4.69) is 0 Å². The molecule has 66 valence electrons. The Hall–Kier alpha value is -0.570. The highest BCUT2D eigenvalue weighted by Crippen LogP contribution is 2.15. The minimum atomic E-state index is 0.0468. The van der Waals surface area contributed by atoms with Gasteiger partial charge in [-0.1, -0.05) is 29.8 Å². The largest absolute Gasteiger partial charge is 0.381 e. The van der Waals surface area contributed by atoms with Crippen LogP contribution in [0.2, 0.25) is 5.02 Å². The van der Waals surface area contributed by atoms with Crippen LogP contribution in [0.5, 0.6) is 0 Å². The van der Waals surface area contributed by atoms with Crippen molar-refractivity contribution in [3.8, 4) is 0 Å². The first kappa shape index (κ1) is 9.52. The summed E-state index contributed by atoms with van der Waals surface area (Å²) in [6.45, 7) is 0.724. The van der Waals surface area contributed by atoms with Crippen LogP contribution in [0.1, 0.15) is 5.56 Å². The highest BCUT2D eigenvalue weighted by atomic mass is 35.5. The molecule has 0 amide bonds. The molecule has 1 aromatic rings. The van der Waals surface area contributed by atoms with Gasteiger partial charge in [-0.3, -0.25) is 4.90 Å². The average Bonchev–Trinajstić information content (AvgIpc) is 2.09. The second kappa shape index (κ2) is 4.45. The number of aliphatic hydroxyl groups is 1. The first-order chi connectivity index (χ1) is 5.74. The Labute approximate surface area is 77.4 Å². The number of rotatable bonds is 3. The zero-order valence-electron chi connectivity index (χ0n) is 7.00. The maximum absolute atomic E-state index is 8.77. The summed E-state index contributed by atoms with van der Waals surface area (Å²) < 4.78 is 0. The van der Waals surface area contributed by atoms with Crippen molar-refractivity contribution >= 4 is 11.6 Å². The van der Waals surface area contributed by atoms with Gasteiger partial charge in [0.2, 0.25) is 0 Å². The van der Waals surface area contributed by atoms with E-state index >= 15 is 0 Å². The van der Waals surface area contributed by atoms with E-state index < -0.39 is 0 Å². The Kier molecular flexibility index (Phi) is 3.53. The molecule has 0 aliphatic heterocycles. The lowest BCUT2D eigenvalue weighted by atomic mass is 10.2. The number of hydrogen-bond donors (Lipinski definition) is 1. The Bertz CT molecular complexity index is 252. The van der Waals surface area contributed by atoms with E-state index in [0.29, 0.717) is 6.54 Å². The van der Waals surface area contributed by atoms with Crippen molar-refractivity contribution in [3.63, 3.8) is 0 Å². The van der Waals surface area contributed by atoms with E-state index in [1.54, 1.807) is 4.90 Å². The summed E-state index contributed by atoms with van der Waals surface area (Å²) in [5.41, 5.74) is 1.04. The fraction of sp³-hybridized carbons (Fsp3) is 0.333. The van der Waals surface area contributed by atoms with Crippen LogP contribution in [0, 0.1) is 0 Å². The standard InChI is InChI=1S/C9H12ClNO/c1-11(7-12)6-8-4-2-3-5-9(8)10/h2-5,12H,6-7H2,1H3. The van der Waals surface area contributed by atoms with Crippen molar-refractivity contribution in [3.05, 3.63) is 34.9 Å². The normalized spacial score (nSPS) is 10.7. The number of halogens is 1. The number of aliphatic hydroxyl groups excluding tert-OH is 1. The summed E-state index contributed by atoms with van der Waals surface area (Å²) in [6.07, 6.45) is 0. The maximum atomic E-state index is 8.77. The van der Waals surface area contributed by atoms with Gasteiger partial charge in [0.1, 0.15) is 0 Å². The third-order valence-electron chi connectivity index (χ3n) is 1.64. The van der Waals surface area contributed by atoms with E-state index in [-0.39, 0.29) is 6.73 Å². The summed E-state index contributed by atoms with van der Waals surface area (Å²) in [5.74, 6) is 0. The molecule has 0 atom stereocenters. The van der Waals surface area contributed by atoms with Gasteiger partial charge in [0.15, 0.2) is 0 Å². The Morgan fingerprint density at radius 2 is 2.08 bits per heavy atom. The Morgan fingerprint density at radius 1 is 1.42 bits per heavy atom. The van der Waals surface area contributed by atoms with Crippen molar-refractivity contribution in [2.24, 2.45) is 0 Å². The second-order valence-electron chi connectivity index (χ2n) is 2.75. The second-order valence-corrected chi connectivity index (χ2v) is 3.15. The van der Waals surface area contributed by atoms with E-state index in [4.69, 9.17) is 16.7 Å². The maximum Gasteiger partial charge on any atom is 0.0956 e. The van der Waals surface area contributed by atoms with E-state index in [1.807, 2.05) is 31.3 Å². The molecule has 0 spiro atoms. The third kappa shape index (κ3) is 2.48. The molecule has 1 N–H and O–H groups in total. The van der Waals surface area contributed by atoms with Gasteiger partial charge in [-0.15, -0.1) is 0 Å². The molecule has 3 heteroatoms. The molecule has 2 nitrogen and oxygen atoms in total. The van der Waals surface area contributed by atoms with Gasteiger partial charge in [0.05, 0.1) is 6.73 Å². The molecule has 0 radical (unpaired) electrons. The number of benzene rings is 1. The Balaban J connectivity index is 2.69. The molecule has 0 aromatic heterocycles. The van der Waals surface area contributed by atoms with Crippen molar-refractivity contribution in [2.45, 2.75) is 6.54 Å². The molecule has 0 aliphatic rings. The van der Waals surface area contributed by atoms with Gasteiger partial charge in [0.25, 0.3) is 0 Å². The van der Waals surface area contributed by atoms with Crippen molar-refractivity contribution in [1.82, 2.24) is 4.90 Å². The molecule has 0 heterocycles. The summed E-state index contributed by atoms with van der Waals surface area (Å²) in [6, 6.07) is 7.63. The summed E-state index contributed by atoms with van der Waals surface area (Å²) in [4.78, 5) is 1.78. The van der Waals surface area contributed by atoms with Crippen LogP contribution in [0.25, 0.3) is 0 Å². The van der Waals surface area contributed by atoms with Crippen LogP contribution in [-0.4, -0.2) is 23.8 Å². The fourth-order valence-electron chi connectivity index (χ4n) is 0.967. The van der Waals surface area contributed by atoms with Gasteiger partial charge in [-0.05, 0) is 18.7 Å². The predicted octanol–water partition coefficient (Wildman–Crippen LogP) is 1.72. The number of nitrogens with zero attached hydrogens (tertiary/aromatic N) is 1. The van der Waals surface area contributed by atoms with Gasteiger partial charge < -0.3 is 5.11 Å². The molecule has 1 aromatic carbocycles. The quantitative estimate of drug-likeness (QED) is 0.725. The minimum absolute atomic E-state index is 0.0468. The molecule has 0 saturated carbocycles.